The number of rotatable bonds is 4. The van der Waals surface area contributed by atoms with E-state index in [1.807, 2.05) is 0 Å². The van der Waals surface area contributed by atoms with Crippen molar-refractivity contribution in [3.63, 3.8) is 0 Å². The van der Waals surface area contributed by atoms with Gasteiger partial charge < -0.3 is 9.73 Å². The van der Waals surface area contributed by atoms with Crippen LogP contribution >= 0.6 is 11.3 Å². The molecular weight excluding hydrogens is 220 g/mol. The second kappa shape index (κ2) is 4.80. The molecule has 1 atom stereocenters. The fraction of sp³-hybridized carbons (Fsp3) is 0.417. The van der Waals surface area contributed by atoms with Crippen LogP contribution in [0, 0.1) is 6.92 Å². The number of aromatic nitrogens is 1. The Kier molecular flexibility index (Phi) is 3.41. The van der Waals surface area contributed by atoms with Gasteiger partial charge in [0.15, 0.2) is 5.76 Å². The maximum atomic E-state index is 5.73. The molecule has 2 heterocycles. The van der Waals surface area contributed by atoms with Gasteiger partial charge in [0.05, 0.1) is 17.1 Å². The predicted molar refractivity (Wildman–Crippen MR) is 66.6 cm³/mol. The van der Waals surface area contributed by atoms with Crippen molar-refractivity contribution >= 4 is 11.3 Å². The fourth-order valence-corrected chi connectivity index (χ4v) is 2.38. The first kappa shape index (κ1) is 11.4. The molecule has 2 rings (SSSR count). The SMILES string of the molecule is CCNC(C)c1ncc(-c2ccc(C)s2)o1. The number of thiophene rings is 1. The molecule has 0 saturated carbocycles. The van der Waals surface area contributed by atoms with Gasteiger partial charge in [0, 0.05) is 4.88 Å². The first-order valence-corrected chi connectivity index (χ1v) is 6.28. The van der Waals surface area contributed by atoms with E-state index in [0.717, 1.165) is 23.1 Å². The average Bonchev–Trinajstić information content (AvgIpc) is 2.85. The van der Waals surface area contributed by atoms with Crippen molar-refractivity contribution in [1.82, 2.24) is 10.3 Å². The van der Waals surface area contributed by atoms with E-state index < -0.39 is 0 Å². The first-order valence-electron chi connectivity index (χ1n) is 5.46. The molecule has 0 bridgehead atoms. The van der Waals surface area contributed by atoms with E-state index in [9.17, 15) is 0 Å². The Hall–Kier alpha value is -1.13. The standard InChI is InChI=1S/C12H16N2OS/c1-4-13-9(3)12-14-7-10(15-12)11-6-5-8(2)16-11/h5-7,9,13H,4H2,1-3H3. The summed E-state index contributed by atoms with van der Waals surface area (Å²) in [5, 5.41) is 3.28. The average molecular weight is 236 g/mol. The predicted octanol–water partition coefficient (Wildman–Crippen LogP) is 3.38. The number of hydrogen-bond donors (Lipinski definition) is 1. The van der Waals surface area contributed by atoms with Crippen molar-refractivity contribution in [2.75, 3.05) is 6.54 Å². The topological polar surface area (TPSA) is 38.1 Å². The Morgan fingerprint density at radius 2 is 2.31 bits per heavy atom. The molecule has 3 nitrogen and oxygen atoms in total. The zero-order valence-corrected chi connectivity index (χ0v) is 10.6. The molecule has 0 spiro atoms. The highest BCUT2D eigenvalue weighted by atomic mass is 32.1. The maximum absolute atomic E-state index is 5.73. The van der Waals surface area contributed by atoms with Gasteiger partial charge in [-0.3, -0.25) is 0 Å². The summed E-state index contributed by atoms with van der Waals surface area (Å²) in [4.78, 5) is 6.72. The minimum absolute atomic E-state index is 0.166. The lowest BCUT2D eigenvalue weighted by molar-refractivity contribution is 0.429. The van der Waals surface area contributed by atoms with Gasteiger partial charge in [-0.25, -0.2) is 4.98 Å². The third kappa shape index (κ3) is 2.33. The lowest BCUT2D eigenvalue weighted by Crippen LogP contribution is -2.17. The van der Waals surface area contributed by atoms with Crippen molar-refractivity contribution in [3.05, 3.63) is 29.1 Å². The van der Waals surface area contributed by atoms with Crippen LogP contribution < -0.4 is 5.32 Å². The molecule has 0 radical (unpaired) electrons. The van der Waals surface area contributed by atoms with Crippen molar-refractivity contribution in [2.24, 2.45) is 0 Å². The Labute approximate surface area is 99.5 Å². The molecule has 0 saturated heterocycles. The molecule has 2 aromatic heterocycles. The summed E-state index contributed by atoms with van der Waals surface area (Å²) in [6.45, 7) is 7.13. The highest BCUT2D eigenvalue weighted by Gasteiger charge is 2.12. The van der Waals surface area contributed by atoms with Crippen LogP contribution in [-0.2, 0) is 0 Å². The van der Waals surface area contributed by atoms with Gasteiger partial charge in [-0.15, -0.1) is 11.3 Å². The van der Waals surface area contributed by atoms with Crippen LogP contribution in [0.5, 0.6) is 0 Å². The van der Waals surface area contributed by atoms with Crippen LogP contribution in [0.15, 0.2) is 22.7 Å². The zero-order valence-electron chi connectivity index (χ0n) is 9.78. The number of aryl methyl sites for hydroxylation is 1. The van der Waals surface area contributed by atoms with Crippen LogP contribution in [0.2, 0.25) is 0 Å². The van der Waals surface area contributed by atoms with Crippen molar-refractivity contribution in [2.45, 2.75) is 26.8 Å². The monoisotopic (exact) mass is 236 g/mol. The van der Waals surface area contributed by atoms with Crippen LogP contribution in [0.1, 0.15) is 30.7 Å². The summed E-state index contributed by atoms with van der Waals surface area (Å²) in [6.07, 6.45) is 1.80. The van der Waals surface area contributed by atoms with Gasteiger partial charge in [-0.1, -0.05) is 6.92 Å². The third-order valence-electron chi connectivity index (χ3n) is 2.39. The molecule has 0 aliphatic rings. The molecule has 86 valence electrons. The van der Waals surface area contributed by atoms with Crippen molar-refractivity contribution in [3.8, 4) is 10.6 Å². The molecule has 0 aliphatic carbocycles. The summed E-state index contributed by atoms with van der Waals surface area (Å²) in [5.41, 5.74) is 0. The van der Waals surface area contributed by atoms with E-state index in [1.165, 1.54) is 4.88 Å². The number of oxazole rings is 1. The molecule has 4 heteroatoms. The summed E-state index contributed by atoms with van der Waals surface area (Å²) in [6, 6.07) is 4.33. The first-order chi connectivity index (χ1) is 7.70. The molecular formula is C12H16N2OS. The van der Waals surface area contributed by atoms with Crippen molar-refractivity contribution < 1.29 is 4.42 Å². The van der Waals surface area contributed by atoms with Gasteiger partial charge in [-0.05, 0) is 32.5 Å². The quantitative estimate of drug-likeness (QED) is 0.884. The van der Waals surface area contributed by atoms with Crippen molar-refractivity contribution in [1.29, 1.82) is 0 Å². The van der Waals surface area contributed by atoms with Crippen LogP contribution in [0.3, 0.4) is 0 Å². The molecule has 1 unspecified atom stereocenters. The lowest BCUT2D eigenvalue weighted by Gasteiger charge is -2.06. The Balaban J connectivity index is 2.19. The summed E-state index contributed by atoms with van der Waals surface area (Å²) in [5.74, 6) is 1.61. The largest absolute Gasteiger partial charge is 0.438 e. The van der Waals surface area contributed by atoms with Gasteiger partial charge in [0.2, 0.25) is 5.89 Å². The smallest absolute Gasteiger partial charge is 0.211 e. The fourth-order valence-electron chi connectivity index (χ4n) is 1.56. The van der Waals surface area contributed by atoms with E-state index in [1.54, 1.807) is 17.5 Å². The van der Waals surface area contributed by atoms with Gasteiger partial charge >= 0.3 is 0 Å². The highest BCUT2D eigenvalue weighted by Crippen LogP contribution is 2.29. The van der Waals surface area contributed by atoms with E-state index in [0.29, 0.717) is 0 Å². The molecule has 0 amide bonds. The van der Waals surface area contributed by atoms with E-state index in [2.05, 4.69) is 43.2 Å². The number of nitrogens with one attached hydrogen (secondary N) is 1. The van der Waals surface area contributed by atoms with E-state index in [4.69, 9.17) is 4.42 Å². The minimum atomic E-state index is 0.166. The Morgan fingerprint density at radius 3 is 2.94 bits per heavy atom. The lowest BCUT2D eigenvalue weighted by atomic mass is 10.3. The number of hydrogen-bond acceptors (Lipinski definition) is 4. The number of nitrogens with zero attached hydrogens (tertiary/aromatic N) is 1. The Bertz CT molecular complexity index is 461. The third-order valence-corrected chi connectivity index (χ3v) is 3.40. The van der Waals surface area contributed by atoms with Gasteiger partial charge in [0.1, 0.15) is 0 Å². The summed E-state index contributed by atoms with van der Waals surface area (Å²) in [7, 11) is 0. The minimum Gasteiger partial charge on any atom is -0.438 e. The Morgan fingerprint density at radius 1 is 1.50 bits per heavy atom. The molecule has 0 fully saturated rings. The molecule has 1 N–H and O–H groups in total. The molecule has 2 aromatic rings. The van der Waals surface area contributed by atoms with E-state index >= 15 is 0 Å². The second-order valence-corrected chi connectivity index (χ2v) is 5.04. The summed E-state index contributed by atoms with van der Waals surface area (Å²) < 4.78 is 5.73. The molecule has 0 aromatic carbocycles. The van der Waals surface area contributed by atoms with Crippen LogP contribution in [-0.4, -0.2) is 11.5 Å². The zero-order chi connectivity index (χ0) is 11.5. The maximum Gasteiger partial charge on any atom is 0.211 e. The van der Waals surface area contributed by atoms with Crippen LogP contribution in [0.4, 0.5) is 0 Å². The highest BCUT2D eigenvalue weighted by molar-refractivity contribution is 7.15. The molecule has 0 aliphatic heterocycles. The normalized spacial score (nSPS) is 12.9. The van der Waals surface area contributed by atoms with Gasteiger partial charge in [-0.2, -0.15) is 0 Å². The summed E-state index contributed by atoms with van der Waals surface area (Å²) >= 11 is 1.73. The van der Waals surface area contributed by atoms with Crippen LogP contribution in [0.25, 0.3) is 10.6 Å². The second-order valence-electron chi connectivity index (χ2n) is 3.75. The van der Waals surface area contributed by atoms with Gasteiger partial charge in [0.25, 0.3) is 0 Å². The van der Waals surface area contributed by atoms with E-state index in [-0.39, 0.29) is 6.04 Å². The molecule has 16 heavy (non-hydrogen) atoms.